The molecule has 0 atom stereocenters. The van der Waals surface area contributed by atoms with Crippen LogP contribution in [0.25, 0.3) is 21.1 Å². The van der Waals surface area contributed by atoms with Crippen molar-refractivity contribution in [3.63, 3.8) is 0 Å². The summed E-state index contributed by atoms with van der Waals surface area (Å²) in [5.41, 5.74) is 1.51. The molecule has 33 heavy (non-hydrogen) atoms. The van der Waals surface area contributed by atoms with Gasteiger partial charge in [-0.15, -0.1) is 11.3 Å². The molecule has 0 saturated heterocycles. The number of pyridine rings is 1. The molecule has 0 saturated carbocycles. The van der Waals surface area contributed by atoms with Crippen LogP contribution in [0.4, 0.5) is 5.13 Å². The van der Waals surface area contributed by atoms with Crippen molar-refractivity contribution in [1.29, 1.82) is 0 Å². The van der Waals surface area contributed by atoms with Crippen molar-refractivity contribution in [1.82, 2.24) is 9.97 Å². The number of fused-ring (bicyclic) bond motifs is 2. The molecule has 0 radical (unpaired) electrons. The Morgan fingerprint density at radius 1 is 0.939 bits per heavy atom. The summed E-state index contributed by atoms with van der Waals surface area (Å²) in [6.45, 7) is 0. The van der Waals surface area contributed by atoms with E-state index in [0.29, 0.717) is 33.0 Å². The summed E-state index contributed by atoms with van der Waals surface area (Å²) in [7, 11) is 3.18. The van der Waals surface area contributed by atoms with Gasteiger partial charge in [0, 0.05) is 23.7 Å². The number of thiazole rings is 1. The van der Waals surface area contributed by atoms with Crippen LogP contribution in [0.3, 0.4) is 0 Å². The van der Waals surface area contributed by atoms with E-state index in [-0.39, 0.29) is 5.91 Å². The number of benzene rings is 2. The number of hydrogen-bond acceptors (Lipinski definition) is 8. The Bertz CT molecular complexity index is 1500. The topological polar surface area (TPSA) is 82.6 Å². The van der Waals surface area contributed by atoms with E-state index < -0.39 is 0 Å². The fourth-order valence-corrected chi connectivity index (χ4v) is 5.45. The summed E-state index contributed by atoms with van der Waals surface area (Å²) in [4.78, 5) is 22.0. The van der Waals surface area contributed by atoms with Crippen molar-refractivity contribution >= 4 is 70.8 Å². The smallest absolute Gasteiger partial charge is 0.267 e. The van der Waals surface area contributed by atoms with Gasteiger partial charge in [0.05, 0.1) is 38.6 Å². The number of carbonyl (C=O) groups is 1. The first-order chi connectivity index (χ1) is 16.0. The second-order valence-electron chi connectivity index (χ2n) is 6.84. The van der Waals surface area contributed by atoms with Crippen LogP contribution < -0.4 is 19.5 Å². The Morgan fingerprint density at radius 2 is 1.76 bits per heavy atom. The van der Waals surface area contributed by atoms with E-state index in [9.17, 15) is 4.79 Å². The monoisotopic (exact) mass is 541 g/mol. The van der Waals surface area contributed by atoms with E-state index in [2.05, 4.69) is 31.2 Å². The van der Waals surface area contributed by atoms with Crippen LogP contribution in [0.15, 0.2) is 58.5 Å². The number of nitrogens with zero attached hydrogens (tertiary/aromatic N) is 2. The van der Waals surface area contributed by atoms with Crippen LogP contribution in [-0.2, 0) is 0 Å². The maximum absolute atomic E-state index is 12.4. The van der Waals surface area contributed by atoms with Crippen LogP contribution in [0.2, 0.25) is 0 Å². The second-order valence-corrected chi connectivity index (χ2v) is 10.3. The highest BCUT2D eigenvalue weighted by molar-refractivity contribution is 9.11. The molecule has 10 heteroatoms. The molecule has 3 heterocycles. The summed E-state index contributed by atoms with van der Waals surface area (Å²) >= 11 is 6.13. The molecule has 166 valence electrons. The van der Waals surface area contributed by atoms with Gasteiger partial charge in [0.15, 0.2) is 16.6 Å². The SMILES string of the molecule is COc1cc2nccc(Oc3ccc4nc(NC(=O)c5ccc(Br)s5)sc4c3)c2cc1OC. The minimum Gasteiger partial charge on any atom is -0.493 e. The number of ether oxygens (including phenoxy) is 3. The zero-order valence-corrected chi connectivity index (χ0v) is 20.6. The molecule has 1 amide bonds. The third-order valence-electron chi connectivity index (χ3n) is 4.81. The molecule has 1 N–H and O–H groups in total. The van der Waals surface area contributed by atoms with Gasteiger partial charge in [0.25, 0.3) is 5.91 Å². The predicted molar refractivity (Wildman–Crippen MR) is 135 cm³/mol. The van der Waals surface area contributed by atoms with Crippen LogP contribution >= 0.6 is 38.6 Å². The fourth-order valence-electron chi connectivity index (χ4n) is 3.28. The van der Waals surface area contributed by atoms with E-state index in [4.69, 9.17) is 14.2 Å². The molecular weight excluding hydrogens is 526 g/mol. The molecule has 0 aliphatic heterocycles. The predicted octanol–water partition coefficient (Wildman–Crippen LogP) is 6.73. The van der Waals surface area contributed by atoms with Gasteiger partial charge < -0.3 is 14.2 Å². The lowest BCUT2D eigenvalue weighted by molar-refractivity contribution is 0.103. The van der Waals surface area contributed by atoms with Crippen molar-refractivity contribution in [2.24, 2.45) is 0 Å². The van der Waals surface area contributed by atoms with Gasteiger partial charge in [-0.2, -0.15) is 0 Å². The van der Waals surface area contributed by atoms with Gasteiger partial charge in [-0.1, -0.05) is 11.3 Å². The first-order valence-electron chi connectivity index (χ1n) is 9.70. The molecule has 0 bridgehead atoms. The molecule has 5 aromatic rings. The van der Waals surface area contributed by atoms with Gasteiger partial charge in [-0.25, -0.2) is 4.98 Å². The van der Waals surface area contributed by atoms with E-state index in [1.54, 1.807) is 32.5 Å². The lowest BCUT2D eigenvalue weighted by Crippen LogP contribution is -2.09. The van der Waals surface area contributed by atoms with E-state index >= 15 is 0 Å². The molecule has 0 unspecified atom stereocenters. The number of hydrogen-bond donors (Lipinski definition) is 1. The van der Waals surface area contributed by atoms with Gasteiger partial charge in [0.1, 0.15) is 11.5 Å². The minimum absolute atomic E-state index is 0.186. The maximum Gasteiger partial charge on any atom is 0.267 e. The number of halogens is 1. The molecule has 7 nitrogen and oxygen atoms in total. The number of amides is 1. The van der Waals surface area contributed by atoms with Crippen molar-refractivity contribution in [2.45, 2.75) is 0 Å². The average molecular weight is 542 g/mol. The largest absolute Gasteiger partial charge is 0.493 e. The number of rotatable bonds is 6. The lowest BCUT2D eigenvalue weighted by Gasteiger charge is -2.12. The number of thiophene rings is 1. The normalized spacial score (nSPS) is 11.0. The number of nitrogens with one attached hydrogen (secondary N) is 1. The molecule has 5 rings (SSSR count). The lowest BCUT2D eigenvalue weighted by atomic mass is 10.2. The first-order valence-corrected chi connectivity index (χ1v) is 12.1. The number of aromatic nitrogens is 2. The highest BCUT2D eigenvalue weighted by Gasteiger charge is 2.14. The summed E-state index contributed by atoms with van der Waals surface area (Å²) in [6, 6.07) is 14.7. The Hall–Kier alpha value is -3.21. The first kappa shape index (κ1) is 21.6. The van der Waals surface area contributed by atoms with Crippen LogP contribution in [0.5, 0.6) is 23.0 Å². The molecule has 2 aromatic carbocycles. The van der Waals surface area contributed by atoms with Crippen molar-refractivity contribution in [2.75, 3.05) is 19.5 Å². The Kier molecular flexibility index (Phi) is 5.88. The zero-order valence-electron chi connectivity index (χ0n) is 17.4. The molecule has 0 aliphatic carbocycles. The van der Waals surface area contributed by atoms with E-state index in [1.807, 2.05) is 36.4 Å². The van der Waals surface area contributed by atoms with Crippen molar-refractivity contribution < 1.29 is 19.0 Å². The molecule has 0 spiro atoms. The minimum atomic E-state index is -0.186. The Labute approximate surface area is 205 Å². The quantitative estimate of drug-likeness (QED) is 0.256. The molecule has 0 fully saturated rings. The zero-order chi connectivity index (χ0) is 22.9. The van der Waals surface area contributed by atoms with Gasteiger partial charge in [0.2, 0.25) is 0 Å². The third-order valence-corrected chi connectivity index (χ3v) is 7.37. The van der Waals surface area contributed by atoms with E-state index in [0.717, 1.165) is 24.9 Å². The van der Waals surface area contributed by atoms with Crippen LogP contribution in [0.1, 0.15) is 9.67 Å². The van der Waals surface area contributed by atoms with Gasteiger partial charge in [-0.05, 0) is 52.3 Å². The number of anilines is 1. The average Bonchev–Trinajstić information content (AvgIpc) is 3.43. The summed E-state index contributed by atoms with van der Waals surface area (Å²) in [6.07, 6.45) is 1.69. The Balaban J connectivity index is 1.43. The van der Waals surface area contributed by atoms with Crippen LogP contribution in [-0.4, -0.2) is 30.1 Å². The second kappa shape index (κ2) is 8.97. The van der Waals surface area contributed by atoms with Gasteiger partial charge >= 0.3 is 0 Å². The third kappa shape index (κ3) is 4.37. The fraction of sp³-hybridized carbons (Fsp3) is 0.0870. The van der Waals surface area contributed by atoms with E-state index in [1.165, 1.54) is 22.7 Å². The highest BCUT2D eigenvalue weighted by atomic mass is 79.9. The summed E-state index contributed by atoms with van der Waals surface area (Å²) in [5, 5.41) is 4.19. The van der Waals surface area contributed by atoms with Gasteiger partial charge in [-0.3, -0.25) is 15.1 Å². The van der Waals surface area contributed by atoms with Crippen LogP contribution in [0, 0.1) is 0 Å². The highest BCUT2D eigenvalue weighted by Crippen LogP contribution is 2.38. The maximum atomic E-state index is 12.4. The van der Waals surface area contributed by atoms with Crippen molar-refractivity contribution in [3.8, 4) is 23.0 Å². The Morgan fingerprint density at radius 3 is 2.52 bits per heavy atom. The summed E-state index contributed by atoms with van der Waals surface area (Å²) in [5.74, 6) is 2.30. The number of methoxy groups -OCH3 is 2. The summed E-state index contributed by atoms with van der Waals surface area (Å²) < 4.78 is 18.8. The molecule has 0 aliphatic rings. The number of carbonyl (C=O) groups excluding carboxylic acids is 1. The molecular formula is C23H16BrN3O4S2. The standard InChI is InChI=1S/C23H16BrN3O4S2/c1-29-17-10-13-15(11-18(17)30-2)25-8-7-16(13)31-12-3-4-14-20(9-12)33-23(26-14)27-22(28)19-5-6-21(24)32-19/h3-11H,1-2H3,(H,26,27,28). The molecule has 3 aromatic heterocycles. The van der Waals surface area contributed by atoms with Crippen molar-refractivity contribution in [3.05, 3.63) is 63.4 Å².